The van der Waals surface area contributed by atoms with Gasteiger partial charge in [-0.1, -0.05) is 60.7 Å². The van der Waals surface area contributed by atoms with E-state index in [4.69, 9.17) is 4.98 Å². The van der Waals surface area contributed by atoms with Crippen LogP contribution in [0.1, 0.15) is 23.9 Å². The van der Waals surface area contributed by atoms with Gasteiger partial charge in [0.05, 0.1) is 22.3 Å². The van der Waals surface area contributed by atoms with Crippen LogP contribution >= 0.6 is 0 Å². The number of rotatable bonds is 3. The molecular weight excluding hydrogens is 348 g/mol. The monoisotopic (exact) mass is 366 g/mol. The number of fused-ring (bicyclic) bond motifs is 1. The van der Waals surface area contributed by atoms with E-state index < -0.39 is 0 Å². The first-order chi connectivity index (χ1) is 13.8. The minimum Gasteiger partial charge on any atom is -0.299 e. The van der Waals surface area contributed by atoms with Crippen molar-refractivity contribution in [3.8, 4) is 5.69 Å². The molecule has 0 fully saturated rings. The summed E-state index contributed by atoms with van der Waals surface area (Å²) in [5.41, 5.74) is 6.66. The Balaban J connectivity index is 1.64. The first-order valence-corrected chi connectivity index (χ1v) is 9.26. The highest BCUT2D eigenvalue weighted by atomic mass is 16.1. The van der Waals surface area contributed by atoms with Crippen molar-refractivity contribution in [2.24, 2.45) is 5.10 Å². The Morgan fingerprint density at radius 3 is 2.32 bits per heavy atom. The minimum atomic E-state index is -0.173. The van der Waals surface area contributed by atoms with Gasteiger partial charge in [-0.2, -0.15) is 5.10 Å². The fourth-order valence-electron chi connectivity index (χ4n) is 3.61. The van der Waals surface area contributed by atoms with Gasteiger partial charge in [0, 0.05) is 6.42 Å². The van der Waals surface area contributed by atoms with Crippen LogP contribution in [0.25, 0.3) is 16.6 Å². The summed E-state index contributed by atoms with van der Waals surface area (Å²) >= 11 is 0. The summed E-state index contributed by atoms with van der Waals surface area (Å²) in [5, 5.41) is 5.13. The van der Waals surface area contributed by atoms with Crippen molar-refractivity contribution >= 4 is 16.6 Å². The summed E-state index contributed by atoms with van der Waals surface area (Å²) in [5.74, 6) is 0.671. The van der Waals surface area contributed by atoms with E-state index in [2.05, 4.69) is 10.5 Å². The highest BCUT2D eigenvalue weighted by molar-refractivity contribution is 6.01. The molecular formula is C23H18N4O. The standard InChI is InChI=1S/C23H18N4O/c28-23-18-13-7-8-14-19(18)24-22(27(23)17-11-5-2-6-12-17)21-15-20(25-26-21)16-9-3-1-4-10-16/h1-14,21,26H,15H2. The van der Waals surface area contributed by atoms with Crippen LogP contribution < -0.4 is 11.0 Å². The third kappa shape index (κ3) is 2.77. The second-order valence-electron chi connectivity index (χ2n) is 6.77. The zero-order valence-corrected chi connectivity index (χ0v) is 15.1. The summed E-state index contributed by atoms with van der Waals surface area (Å²) in [6.45, 7) is 0. The maximum Gasteiger partial charge on any atom is 0.266 e. The molecule has 1 N–H and O–H groups in total. The highest BCUT2D eigenvalue weighted by Crippen LogP contribution is 2.25. The summed E-state index contributed by atoms with van der Waals surface area (Å²) in [4.78, 5) is 18.2. The molecule has 2 heterocycles. The second-order valence-corrected chi connectivity index (χ2v) is 6.77. The molecule has 0 saturated heterocycles. The molecule has 1 aromatic heterocycles. The Kier molecular flexibility index (Phi) is 3.98. The Bertz CT molecular complexity index is 1230. The molecule has 0 spiro atoms. The minimum absolute atomic E-state index is 0.0678. The number of hydrazone groups is 1. The van der Waals surface area contributed by atoms with Crippen molar-refractivity contribution in [3.05, 3.63) is 107 Å². The summed E-state index contributed by atoms with van der Waals surface area (Å²) < 4.78 is 1.70. The molecule has 5 heteroatoms. The summed E-state index contributed by atoms with van der Waals surface area (Å²) in [7, 11) is 0. The first kappa shape index (κ1) is 16.4. The smallest absolute Gasteiger partial charge is 0.266 e. The van der Waals surface area contributed by atoms with Crippen LogP contribution in [-0.4, -0.2) is 15.3 Å². The molecule has 0 radical (unpaired) electrons. The lowest BCUT2D eigenvalue weighted by atomic mass is 10.0. The molecule has 1 unspecified atom stereocenters. The molecule has 5 rings (SSSR count). The van der Waals surface area contributed by atoms with E-state index in [0.717, 1.165) is 17.0 Å². The van der Waals surface area contributed by atoms with Gasteiger partial charge in [0.15, 0.2) is 0 Å². The lowest BCUT2D eigenvalue weighted by molar-refractivity contribution is 0.565. The molecule has 3 aromatic carbocycles. The maximum absolute atomic E-state index is 13.3. The van der Waals surface area contributed by atoms with Crippen LogP contribution in [0.4, 0.5) is 0 Å². The quantitative estimate of drug-likeness (QED) is 0.600. The normalized spacial score (nSPS) is 16.0. The summed E-state index contributed by atoms with van der Waals surface area (Å²) in [6, 6.07) is 27.0. The molecule has 0 amide bonds. The number of para-hydroxylation sites is 2. The predicted molar refractivity (Wildman–Crippen MR) is 111 cm³/mol. The van der Waals surface area contributed by atoms with Gasteiger partial charge in [-0.05, 0) is 29.8 Å². The third-order valence-electron chi connectivity index (χ3n) is 4.99. The first-order valence-electron chi connectivity index (χ1n) is 9.26. The van der Waals surface area contributed by atoms with Crippen LogP contribution in [0.2, 0.25) is 0 Å². The Labute approximate surface area is 162 Å². The number of benzene rings is 3. The molecule has 4 aromatic rings. The van der Waals surface area contributed by atoms with Gasteiger partial charge < -0.3 is 0 Å². The van der Waals surface area contributed by atoms with Gasteiger partial charge in [-0.25, -0.2) is 4.98 Å². The lowest BCUT2D eigenvalue weighted by Gasteiger charge is -2.18. The fraction of sp³-hybridized carbons (Fsp3) is 0.0870. The van der Waals surface area contributed by atoms with Gasteiger partial charge in [0.1, 0.15) is 11.9 Å². The zero-order chi connectivity index (χ0) is 18.9. The number of aromatic nitrogens is 2. The van der Waals surface area contributed by atoms with Crippen molar-refractivity contribution in [2.75, 3.05) is 0 Å². The third-order valence-corrected chi connectivity index (χ3v) is 4.99. The molecule has 5 nitrogen and oxygen atoms in total. The molecule has 28 heavy (non-hydrogen) atoms. The van der Waals surface area contributed by atoms with E-state index in [1.807, 2.05) is 84.9 Å². The molecule has 0 aliphatic carbocycles. The maximum atomic E-state index is 13.3. The van der Waals surface area contributed by atoms with E-state index in [0.29, 0.717) is 23.1 Å². The van der Waals surface area contributed by atoms with Crippen molar-refractivity contribution in [1.82, 2.24) is 15.0 Å². The topological polar surface area (TPSA) is 59.3 Å². The van der Waals surface area contributed by atoms with Crippen molar-refractivity contribution < 1.29 is 0 Å². The van der Waals surface area contributed by atoms with E-state index >= 15 is 0 Å². The van der Waals surface area contributed by atoms with Gasteiger partial charge in [0.2, 0.25) is 0 Å². The van der Waals surface area contributed by atoms with Crippen molar-refractivity contribution in [1.29, 1.82) is 0 Å². The Morgan fingerprint density at radius 1 is 0.857 bits per heavy atom. The van der Waals surface area contributed by atoms with E-state index in [1.54, 1.807) is 4.57 Å². The lowest BCUT2D eigenvalue weighted by Crippen LogP contribution is -2.28. The van der Waals surface area contributed by atoms with Gasteiger partial charge >= 0.3 is 0 Å². The molecule has 1 atom stereocenters. The van der Waals surface area contributed by atoms with Crippen LogP contribution in [0.15, 0.2) is 94.8 Å². The van der Waals surface area contributed by atoms with Crippen LogP contribution in [0.3, 0.4) is 0 Å². The molecule has 0 saturated carbocycles. The van der Waals surface area contributed by atoms with Crippen LogP contribution in [0.5, 0.6) is 0 Å². The van der Waals surface area contributed by atoms with Crippen molar-refractivity contribution in [2.45, 2.75) is 12.5 Å². The number of nitrogens with zero attached hydrogens (tertiary/aromatic N) is 3. The molecule has 0 bridgehead atoms. The average Bonchev–Trinajstić information content (AvgIpc) is 3.25. The Morgan fingerprint density at radius 2 is 1.54 bits per heavy atom. The SMILES string of the molecule is O=c1c2ccccc2nc(C2CC(c3ccccc3)=NN2)n1-c1ccccc1. The van der Waals surface area contributed by atoms with E-state index in [1.165, 1.54) is 0 Å². The zero-order valence-electron chi connectivity index (χ0n) is 15.1. The van der Waals surface area contributed by atoms with Gasteiger partial charge in [-0.15, -0.1) is 0 Å². The Hall–Kier alpha value is -3.73. The highest BCUT2D eigenvalue weighted by Gasteiger charge is 2.26. The predicted octanol–water partition coefficient (Wildman–Crippen LogP) is 3.82. The number of nitrogens with one attached hydrogen (secondary N) is 1. The fourth-order valence-corrected chi connectivity index (χ4v) is 3.61. The molecule has 1 aliphatic heterocycles. The summed E-state index contributed by atoms with van der Waals surface area (Å²) in [6.07, 6.45) is 0.668. The average molecular weight is 366 g/mol. The number of hydrogen-bond donors (Lipinski definition) is 1. The van der Waals surface area contributed by atoms with Gasteiger partial charge in [-0.3, -0.25) is 14.8 Å². The molecule has 1 aliphatic rings. The van der Waals surface area contributed by atoms with Crippen LogP contribution in [-0.2, 0) is 0 Å². The van der Waals surface area contributed by atoms with Crippen LogP contribution in [0, 0.1) is 0 Å². The number of hydrogen-bond acceptors (Lipinski definition) is 4. The largest absolute Gasteiger partial charge is 0.299 e. The van der Waals surface area contributed by atoms with E-state index in [-0.39, 0.29) is 11.6 Å². The van der Waals surface area contributed by atoms with Gasteiger partial charge in [0.25, 0.3) is 5.56 Å². The van der Waals surface area contributed by atoms with E-state index in [9.17, 15) is 4.79 Å². The molecule has 136 valence electrons. The van der Waals surface area contributed by atoms with Crippen molar-refractivity contribution in [3.63, 3.8) is 0 Å². The second kappa shape index (κ2) is 6.78.